The number of para-hydroxylation sites is 1. The van der Waals surface area contributed by atoms with Crippen molar-refractivity contribution >= 4 is 39.5 Å². The van der Waals surface area contributed by atoms with Gasteiger partial charge in [-0.2, -0.15) is 0 Å². The molecule has 9 heteroatoms. The van der Waals surface area contributed by atoms with Gasteiger partial charge in [0.25, 0.3) is 0 Å². The third-order valence-corrected chi connectivity index (χ3v) is 10.7. The molecule has 0 atom stereocenters. The lowest BCUT2D eigenvalue weighted by Gasteiger charge is -2.27. The van der Waals surface area contributed by atoms with Crippen LogP contribution in [0.3, 0.4) is 0 Å². The van der Waals surface area contributed by atoms with Crippen molar-refractivity contribution in [1.29, 1.82) is 0 Å². The number of hydrogen-bond acceptors (Lipinski definition) is 7. The molecule has 6 aromatic rings. The predicted molar refractivity (Wildman–Crippen MR) is 201 cm³/mol. The maximum Gasteiger partial charge on any atom is 0.309 e. The lowest BCUT2D eigenvalue weighted by molar-refractivity contribution is -0.150. The van der Waals surface area contributed by atoms with Gasteiger partial charge in [-0.25, -0.2) is 15.0 Å². The first kappa shape index (κ1) is 35.0. The zero-order valence-corrected chi connectivity index (χ0v) is 30.1. The Labute approximate surface area is 297 Å². The zero-order valence-electron chi connectivity index (χ0n) is 29.3. The molecule has 0 radical (unpaired) electrons. The summed E-state index contributed by atoms with van der Waals surface area (Å²) in [6.07, 6.45) is 5.09. The van der Waals surface area contributed by atoms with Gasteiger partial charge >= 0.3 is 5.97 Å². The molecule has 0 aliphatic heterocycles. The number of aromatic nitrogens is 4. The number of aromatic hydroxyl groups is 1. The SMILES string of the molecule is CCC(CC)(CCc1c(SC(C)(C)C)c2cc(OCc3ccc4ccccc4n3)ccc2n1Cc1ccc(-c2ncc(O)cn2)cc1)C(=O)O. The van der Waals surface area contributed by atoms with Crippen LogP contribution in [0.4, 0.5) is 0 Å². The molecule has 3 heterocycles. The molecule has 6 rings (SSSR count). The van der Waals surface area contributed by atoms with Gasteiger partial charge in [0.2, 0.25) is 0 Å². The summed E-state index contributed by atoms with van der Waals surface area (Å²) in [6.45, 7) is 11.5. The lowest BCUT2D eigenvalue weighted by Crippen LogP contribution is -2.30. The van der Waals surface area contributed by atoms with Crippen LogP contribution in [0.5, 0.6) is 11.5 Å². The molecule has 0 saturated heterocycles. The quantitative estimate of drug-likeness (QED) is 0.115. The van der Waals surface area contributed by atoms with Crippen LogP contribution in [-0.4, -0.2) is 40.4 Å². The maximum absolute atomic E-state index is 12.6. The second-order valence-electron chi connectivity index (χ2n) is 13.8. The Morgan fingerprint density at radius 2 is 1.64 bits per heavy atom. The van der Waals surface area contributed by atoms with Gasteiger partial charge in [0.05, 0.1) is 29.0 Å². The van der Waals surface area contributed by atoms with Gasteiger partial charge in [-0.15, -0.1) is 11.8 Å². The molecular weight excluding hydrogens is 645 g/mol. The number of carboxylic acids is 1. The molecule has 50 heavy (non-hydrogen) atoms. The number of hydrogen-bond donors (Lipinski definition) is 2. The number of benzene rings is 3. The molecule has 0 bridgehead atoms. The normalized spacial score (nSPS) is 12.1. The number of carbonyl (C=O) groups is 1. The number of thioether (sulfide) groups is 1. The van der Waals surface area contributed by atoms with Crippen LogP contribution in [-0.2, 0) is 24.4 Å². The first-order valence-electron chi connectivity index (χ1n) is 17.1. The van der Waals surface area contributed by atoms with E-state index >= 15 is 0 Å². The summed E-state index contributed by atoms with van der Waals surface area (Å²) in [5.41, 5.74) is 5.16. The van der Waals surface area contributed by atoms with Gasteiger partial charge < -0.3 is 19.5 Å². The Bertz CT molecular complexity index is 2110. The minimum Gasteiger partial charge on any atom is -0.505 e. The monoisotopic (exact) mass is 688 g/mol. The number of carboxylic acid groups (broad SMARTS) is 1. The molecule has 8 nitrogen and oxygen atoms in total. The Hall–Kier alpha value is -4.89. The minimum absolute atomic E-state index is 0.0262. The standard InChI is InChI=1S/C41H44N4O4S/c1-6-41(7-2,39(47)48)21-20-36-37(50-40(3,4)5)33-22-32(49-26-30-17-16-28-10-8-9-11-34(28)44-30)18-19-35(33)45(36)25-27-12-14-29(15-13-27)38-42-23-31(46)24-43-38/h8-19,22-24,46H,6-7,20-21,25-26H2,1-5H3,(H,47,48). The van der Waals surface area contributed by atoms with Crippen molar-refractivity contribution in [2.45, 2.75) is 83.1 Å². The van der Waals surface area contributed by atoms with Gasteiger partial charge in [-0.3, -0.25) is 4.79 Å². The summed E-state index contributed by atoms with van der Waals surface area (Å²) in [6, 6.07) is 26.5. The van der Waals surface area contributed by atoms with Crippen molar-refractivity contribution < 1.29 is 19.7 Å². The molecule has 0 fully saturated rings. The highest BCUT2D eigenvalue weighted by Gasteiger charge is 2.35. The number of aliphatic carboxylic acids is 1. The molecule has 2 N–H and O–H groups in total. The van der Waals surface area contributed by atoms with Gasteiger partial charge in [0.1, 0.15) is 12.4 Å². The van der Waals surface area contributed by atoms with Crippen molar-refractivity contribution in [2.75, 3.05) is 0 Å². The van der Waals surface area contributed by atoms with Gasteiger partial charge in [0.15, 0.2) is 11.6 Å². The molecular formula is C41H44N4O4S. The topological polar surface area (TPSA) is 110 Å². The lowest BCUT2D eigenvalue weighted by atomic mass is 9.78. The van der Waals surface area contributed by atoms with Crippen LogP contribution in [0, 0.1) is 5.41 Å². The summed E-state index contributed by atoms with van der Waals surface area (Å²) >= 11 is 1.81. The molecule has 0 aliphatic carbocycles. The van der Waals surface area contributed by atoms with E-state index in [1.54, 1.807) is 0 Å². The molecule has 0 unspecified atom stereocenters. The van der Waals surface area contributed by atoms with E-state index < -0.39 is 11.4 Å². The van der Waals surface area contributed by atoms with Gasteiger partial charge in [-0.1, -0.05) is 83.1 Å². The highest BCUT2D eigenvalue weighted by Crippen LogP contribution is 2.44. The Kier molecular flexibility index (Phi) is 10.2. The molecule has 258 valence electrons. The van der Waals surface area contributed by atoms with E-state index in [0.29, 0.717) is 44.7 Å². The first-order valence-corrected chi connectivity index (χ1v) is 18.0. The van der Waals surface area contributed by atoms with Crippen molar-refractivity contribution in [3.05, 3.63) is 108 Å². The third kappa shape index (κ3) is 7.63. The third-order valence-electron chi connectivity index (χ3n) is 9.38. The molecule has 0 amide bonds. The number of fused-ring (bicyclic) bond motifs is 2. The summed E-state index contributed by atoms with van der Waals surface area (Å²) in [5, 5.41) is 22.1. The number of pyridine rings is 1. The van der Waals surface area contributed by atoms with Crippen LogP contribution in [0.15, 0.2) is 96.2 Å². The van der Waals surface area contributed by atoms with Crippen molar-refractivity contribution in [2.24, 2.45) is 5.41 Å². The summed E-state index contributed by atoms with van der Waals surface area (Å²) in [5.74, 6) is 0.589. The highest BCUT2D eigenvalue weighted by molar-refractivity contribution is 8.00. The van der Waals surface area contributed by atoms with Gasteiger partial charge in [-0.05, 0) is 61.6 Å². The molecule has 0 aliphatic rings. The number of ether oxygens (including phenoxy) is 1. The average molecular weight is 689 g/mol. The molecule has 0 spiro atoms. The fourth-order valence-electron chi connectivity index (χ4n) is 6.42. The fourth-order valence-corrected chi connectivity index (χ4v) is 7.64. The molecule has 0 saturated carbocycles. The van der Waals surface area contributed by atoms with E-state index in [9.17, 15) is 15.0 Å². The van der Waals surface area contributed by atoms with Crippen molar-refractivity contribution in [1.82, 2.24) is 19.5 Å². The molecule has 3 aromatic carbocycles. The minimum atomic E-state index is -0.794. The van der Waals surface area contributed by atoms with E-state index in [-0.39, 0.29) is 10.5 Å². The Morgan fingerprint density at radius 3 is 2.32 bits per heavy atom. The zero-order chi connectivity index (χ0) is 35.5. The second-order valence-corrected chi connectivity index (χ2v) is 15.6. The van der Waals surface area contributed by atoms with Crippen molar-refractivity contribution in [3.63, 3.8) is 0 Å². The maximum atomic E-state index is 12.6. The first-order chi connectivity index (χ1) is 24.0. The number of nitrogens with zero attached hydrogens (tertiary/aromatic N) is 4. The summed E-state index contributed by atoms with van der Waals surface area (Å²) in [4.78, 5) is 27.0. The van der Waals surface area contributed by atoms with Crippen molar-refractivity contribution in [3.8, 4) is 22.9 Å². The van der Waals surface area contributed by atoms with Crippen LogP contribution >= 0.6 is 11.8 Å². The largest absolute Gasteiger partial charge is 0.505 e. The van der Waals surface area contributed by atoms with E-state index in [4.69, 9.17) is 9.72 Å². The van der Waals surface area contributed by atoms with E-state index in [2.05, 4.69) is 71.7 Å². The summed E-state index contributed by atoms with van der Waals surface area (Å²) in [7, 11) is 0. The van der Waals surface area contributed by atoms with Gasteiger partial charge in [0, 0.05) is 43.7 Å². The second kappa shape index (κ2) is 14.5. The summed E-state index contributed by atoms with van der Waals surface area (Å²) < 4.78 is 8.62. The smallest absolute Gasteiger partial charge is 0.309 e. The molecule has 3 aromatic heterocycles. The highest BCUT2D eigenvalue weighted by atomic mass is 32.2. The van der Waals surface area contributed by atoms with Crippen LogP contribution < -0.4 is 4.74 Å². The number of rotatable bonds is 13. The average Bonchev–Trinajstić information content (AvgIpc) is 3.38. The van der Waals surface area contributed by atoms with Crippen LogP contribution in [0.1, 0.15) is 70.8 Å². The van der Waals surface area contributed by atoms with E-state index in [1.807, 2.05) is 68.1 Å². The van der Waals surface area contributed by atoms with E-state index in [0.717, 1.165) is 55.0 Å². The fraction of sp³-hybridized carbons (Fsp3) is 0.317. The predicted octanol–water partition coefficient (Wildman–Crippen LogP) is 9.69. The Morgan fingerprint density at radius 1 is 0.920 bits per heavy atom. The Balaban J connectivity index is 1.40. The van der Waals surface area contributed by atoms with Crippen LogP contribution in [0.2, 0.25) is 0 Å². The van der Waals surface area contributed by atoms with E-state index in [1.165, 1.54) is 12.4 Å². The van der Waals surface area contributed by atoms with Crippen LogP contribution in [0.25, 0.3) is 33.2 Å².